The average molecular weight is 1620 g/mol. The minimum Gasteiger partial charge on any atom is -0.455 e. The van der Waals surface area contributed by atoms with Crippen LogP contribution in [0.25, 0.3) is 0 Å². The lowest BCUT2D eigenvalue weighted by molar-refractivity contribution is -0.154. The summed E-state index contributed by atoms with van der Waals surface area (Å²) in [6.07, 6.45) is 49.0. The first-order chi connectivity index (χ1) is 56.0. The zero-order chi connectivity index (χ0) is 82.1. The van der Waals surface area contributed by atoms with Gasteiger partial charge in [-0.3, -0.25) is 0 Å². The zero-order valence-corrected chi connectivity index (χ0v) is 73.8. The van der Waals surface area contributed by atoms with Crippen LogP contribution in [-0.2, 0) is 80.3 Å². The number of benzene rings is 2. The summed E-state index contributed by atoms with van der Waals surface area (Å²) in [5.41, 5.74) is 1.32. The average Bonchev–Trinajstić information content (AvgIpc) is 1.49. The summed E-state index contributed by atoms with van der Waals surface area (Å²) in [4.78, 5) is 24.7. The highest BCUT2D eigenvalue weighted by molar-refractivity contribution is 6.99. The number of ether oxygens (including phenoxy) is 14. The largest absolute Gasteiger partial charge is 0.455 e. The molecule has 4 saturated heterocycles. The molecule has 0 aromatic heterocycles. The first-order valence-electron chi connectivity index (χ1n) is 44.9. The predicted molar refractivity (Wildman–Crippen MR) is 458 cm³/mol. The van der Waals surface area contributed by atoms with Gasteiger partial charge in [-0.05, 0) is 157 Å². The van der Waals surface area contributed by atoms with Gasteiger partial charge < -0.3 is 75.8 Å². The normalized spacial score (nSPS) is 23.8. The number of aliphatic hydroxyl groups excluding tert-OH is 1. The van der Waals surface area contributed by atoms with E-state index in [4.69, 9.17) is 70.7 Å². The predicted octanol–water partition coefficient (Wildman–Crippen LogP) is 19.3. The number of unbranched alkanes of at least 4 members (excludes halogenated alkanes) is 18. The minimum atomic E-state index is -2.85. The standard InChI is InChI=1S/C55H78O9Si.C41H74O9/c1-8-9-10-11-12-13-17-26-33-48(59-41-57-6)50-35-37-52(62-50)53-38-36-51(63-53)49(60-42-58-7)34-27-18-15-14-16-21-28-45(40-44-39-43(2)61-54(44)56)64-65(55(3,4)5,46-29-22-19-23-30-46)47-31-24-20-25-32-47;1-5-6-7-8-9-10-14-17-20-35(46-30-44-3)28-37-22-24-39(49-37)40-25-23-38(50-40)29-36(47-31-45-4)21-18-15-12-11-13-16-19-34(42)27-33-26-32(2)48-41(33)43/h14-15,19-20,22-25,29-32,39,43,45,48-53H,8-13,16,21,28,33-38,40-42H2,1-7H3;26,32,34-40,42H,5-25,27-31H2,1-4H3/b15-14+;/t43-,45+,48+,49+,50+,51+,52+,53+;32-,34+,35-,36-,37-,38-,39-,40-/m01/s1. The number of aliphatic hydroxyl groups is 1. The van der Waals surface area contributed by atoms with E-state index in [1.54, 1.807) is 28.4 Å². The number of allylic oxidation sites excluding steroid dienone is 2. The van der Waals surface area contributed by atoms with Crippen molar-refractivity contribution in [3.63, 3.8) is 0 Å². The number of rotatable bonds is 57. The van der Waals surface area contributed by atoms with Crippen molar-refractivity contribution in [1.82, 2.24) is 0 Å². The molecule has 4 fully saturated rings. The molecular formula is C96H152O18Si. The summed E-state index contributed by atoms with van der Waals surface area (Å²) in [7, 11) is 3.82. The molecule has 19 heteroatoms. The van der Waals surface area contributed by atoms with E-state index in [9.17, 15) is 14.7 Å². The zero-order valence-electron chi connectivity index (χ0n) is 72.8. The molecule has 2 aromatic carbocycles. The van der Waals surface area contributed by atoms with E-state index in [0.717, 1.165) is 141 Å². The Labute approximate surface area is 695 Å². The Morgan fingerprint density at radius 3 is 1.36 bits per heavy atom. The van der Waals surface area contributed by atoms with Gasteiger partial charge in [-0.15, -0.1) is 11.8 Å². The van der Waals surface area contributed by atoms with E-state index in [1.165, 1.54) is 100 Å². The number of carbonyl (C=O) groups excluding carboxylic acids is 2. The van der Waals surface area contributed by atoms with Gasteiger partial charge in [0.1, 0.15) is 39.4 Å². The second-order valence-corrected chi connectivity index (χ2v) is 38.3. The first kappa shape index (κ1) is 97.5. The van der Waals surface area contributed by atoms with Crippen LogP contribution in [0.3, 0.4) is 0 Å². The molecule has 6 aliphatic rings. The van der Waals surface area contributed by atoms with Crippen molar-refractivity contribution in [2.45, 2.75) is 408 Å². The Bertz CT molecular complexity index is 3110. The van der Waals surface area contributed by atoms with Gasteiger partial charge in [0.05, 0.1) is 85.5 Å². The number of methoxy groups -OCH3 is 4. The summed E-state index contributed by atoms with van der Waals surface area (Å²) in [6.45, 7) is 16.2. The lowest BCUT2D eigenvalue weighted by atomic mass is 10.00. The number of carbonyl (C=O) groups is 2. The highest BCUT2D eigenvalue weighted by Gasteiger charge is 2.52. The molecule has 0 unspecified atom stereocenters. The topological polar surface area (TPSA) is 193 Å². The first-order valence-corrected chi connectivity index (χ1v) is 46.8. The van der Waals surface area contributed by atoms with Gasteiger partial charge >= 0.3 is 11.9 Å². The van der Waals surface area contributed by atoms with Crippen molar-refractivity contribution in [2.24, 2.45) is 0 Å². The molecule has 0 spiro atoms. The van der Waals surface area contributed by atoms with Crippen LogP contribution in [0.1, 0.15) is 305 Å². The second kappa shape index (κ2) is 56.8. The van der Waals surface area contributed by atoms with Crippen molar-refractivity contribution in [2.75, 3.05) is 55.6 Å². The molecule has 6 aliphatic heterocycles. The van der Waals surface area contributed by atoms with Crippen molar-refractivity contribution < 1.29 is 85.4 Å². The van der Waals surface area contributed by atoms with Gasteiger partial charge in [-0.1, -0.05) is 229 Å². The third kappa shape index (κ3) is 35.9. The Kier molecular flexibility index (Phi) is 48.2. The maximum Gasteiger partial charge on any atom is 0.334 e. The summed E-state index contributed by atoms with van der Waals surface area (Å²) in [6, 6.07) is 21.4. The third-order valence-electron chi connectivity index (χ3n) is 23.5. The van der Waals surface area contributed by atoms with Crippen molar-refractivity contribution in [1.29, 1.82) is 0 Å². The molecule has 2 aromatic rings. The van der Waals surface area contributed by atoms with Gasteiger partial charge in [0, 0.05) is 71.7 Å². The van der Waals surface area contributed by atoms with E-state index in [1.807, 2.05) is 32.1 Å². The van der Waals surface area contributed by atoms with Gasteiger partial charge in [0.15, 0.2) is 0 Å². The summed E-state index contributed by atoms with van der Waals surface area (Å²) >= 11 is 0. The van der Waals surface area contributed by atoms with Gasteiger partial charge in [0.25, 0.3) is 8.32 Å². The molecule has 0 saturated carbocycles. The summed E-state index contributed by atoms with van der Waals surface area (Å²) in [5.74, 6) is 12.8. The van der Waals surface area contributed by atoms with Gasteiger partial charge in [-0.25, -0.2) is 9.59 Å². The summed E-state index contributed by atoms with van der Waals surface area (Å²) in [5, 5.41) is 12.6. The van der Waals surface area contributed by atoms with E-state index >= 15 is 0 Å². The maximum absolute atomic E-state index is 12.9. The second-order valence-electron chi connectivity index (χ2n) is 34.0. The SMILES string of the molecule is CCCCCCCC#CC[C@@H](OCOC)[C@H]1CC[C@H]([C@H]2CC[C@H]([C@@H](CC#C/C=C/CCC[C@H](CC3=C[C@H](C)OC3=O)O[Si](c3ccccc3)(c3ccccc3)C(C)(C)C)OCOC)O2)O1.CCCCCCCCCC[C@H](C[C@H]1CC[C@H]([C@H]2CC[C@H](C[C@@H](CCCCCCCC[C@H](O)CC3=C[C@@H](C)OC3=O)OCOC)O2)O1)OCOC. The van der Waals surface area contributed by atoms with Crippen LogP contribution in [0.2, 0.25) is 5.04 Å². The van der Waals surface area contributed by atoms with Gasteiger partial charge in [0.2, 0.25) is 0 Å². The number of cyclic esters (lactones) is 2. The fourth-order valence-electron chi connectivity index (χ4n) is 17.4. The lowest BCUT2D eigenvalue weighted by Crippen LogP contribution is -2.67. The molecule has 0 aliphatic carbocycles. The Morgan fingerprint density at radius 2 is 0.896 bits per heavy atom. The molecule has 115 heavy (non-hydrogen) atoms. The van der Waals surface area contributed by atoms with E-state index < -0.39 is 14.4 Å². The Morgan fingerprint density at radius 1 is 0.478 bits per heavy atom. The quantitative estimate of drug-likeness (QED) is 0.0216. The molecule has 16 atom stereocenters. The van der Waals surface area contributed by atoms with E-state index in [2.05, 4.69) is 125 Å². The number of hydrogen-bond donors (Lipinski definition) is 1. The fraction of sp³-hybridized carbons (Fsp3) is 0.750. The lowest BCUT2D eigenvalue weighted by Gasteiger charge is -2.45. The smallest absolute Gasteiger partial charge is 0.334 e. The molecule has 1 N–H and O–H groups in total. The van der Waals surface area contributed by atoms with E-state index in [0.29, 0.717) is 50.4 Å². The molecule has 6 heterocycles. The van der Waals surface area contributed by atoms with Gasteiger partial charge in [-0.2, -0.15) is 0 Å². The Balaban J connectivity index is 0.000000330. The molecule has 0 radical (unpaired) electrons. The van der Waals surface area contributed by atoms with Crippen LogP contribution >= 0.6 is 0 Å². The molecular weight excluding hydrogens is 1470 g/mol. The monoisotopic (exact) mass is 1620 g/mol. The fourth-order valence-corrected chi connectivity index (χ4v) is 22.1. The van der Waals surface area contributed by atoms with E-state index in [-0.39, 0.29) is 122 Å². The summed E-state index contributed by atoms with van der Waals surface area (Å²) < 4.78 is 90.1. The Hall–Kier alpha value is -4.62. The van der Waals surface area contributed by atoms with Crippen molar-refractivity contribution >= 4 is 30.6 Å². The maximum atomic E-state index is 12.9. The molecule has 0 amide bonds. The van der Waals surface area contributed by atoms with Crippen LogP contribution in [0.5, 0.6) is 0 Å². The van der Waals surface area contributed by atoms with Crippen LogP contribution in [0.15, 0.2) is 96.1 Å². The number of hydrogen-bond acceptors (Lipinski definition) is 18. The minimum absolute atomic E-state index is 0.00318. The molecule has 648 valence electrons. The number of esters is 2. The van der Waals surface area contributed by atoms with Crippen LogP contribution in [-0.4, -0.2) is 179 Å². The molecule has 0 bridgehead atoms. The third-order valence-corrected chi connectivity index (χ3v) is 28.6. The van der Waals surface area contributed by atoms with Crippen LogP contribution in [0.4, 0.5) is 0 Å². The molecule has 8 rings (SSSR count). The van der Waals surface area contributed by atoms with Crippen LogP contribution in [0, 0.1) is 23.7 Å². The highest BCUT2D eigenvalue weighted by Crippen LogP contribution is 2.41. The van der Waals surface area contributed by atoms with Crippen molar-refractivity contribution in [3.05, 3.63) is 96.1 Å². The molecule has 18 nitrogen and oxygen atoms in total. The van der Waals surface area contributed by atoms with Crippen LogP contribution < -0.4 is 10.4 Å². The van der Waals surface area contributed by atoms with Crippen molar-refractivity contribution in [3.8, 4) is 23.7 Å². The highest BCUT2D eigenvalue weighted by atomic mass is 28.4.